The summed E-state index contributed by atoms with van der Waals surface area (Å²) in [6, 6.07) is 20.1. The Morgan fingerprint density at radius 2 is 1.88 bits per heavy atom. The highest BCUT2D eigenvalue weighted by atomic mass is 16.6. The van der Waals surface area contributed by atoms with Crippen LogP contribution in [-0.2, 0) is 17.8 Å². The lowest BCUT2D eigenvalue weighted by molar-refractivity contribution is 0.0124. The van der Waals surface area contributed by atoms with Crippen LogP contribution in [0.1, 0.15) is 23.1 Å². The minimum Gasteiger partial charge on any atom is -0.445 e. The molecule has 1 atom stereocenters. The number of carbonyl (C=O) groups excluding carboxylic acids is 1. The third kappa shape index (κ3) is 4.84. The summed E-state index contributed by atoms with van der Waals surface area (Å²) in [5.74, 6) is 0. The number of ether oxygens (including phenoxy) is 1. The third-order valence-corrected chi connectivity index (χ3v) is 4.54. The number of cyclic esters (lactones) is 1. The van der Waals surface area contributed by atoms with Crippen molar-refractivity contribution in [2.24, 2.45) is 0 Å². The van der Waals surface area contributed by atoms with Crippen LogP contribution in [0.5, 0.6) is 0 Å². The molecule has 0 spiro atoms. The second-order valence-electron chi connectivity index (χ2n) is 6.68. The molecule has 134 valence electrons. The van der Waals surface area contributed by atoms with Crippen molar-refractivity contribution in [1.82, 2.24) is 9.80 Å². The largest absolute Gasteiger partial charge is 0.445 e. The van der Waals surface area contributed by atoms with Crippen LogP contribution in [0.15, 0.2) is 54.6 Å². The molecule has 2 aromatic rings. The van der Waals surface area contributed by atoms with Gasteiger partial charge in [-0.3, -0.25) is 4.90 Å². The first-order valence-corrected chi connectivity index (χ1v) is 8.81. The van der Waals surface area contributed by atoms with Crippen LogP contribution in [0, 0.1) is 11.3 Å². The molecule has 0 N–H and O–H groups in total. The third-order valence-electron chi connectivity index (χ3n) is 4.54. The topological polar surface area (TPSA) is 56.6 Å². The van der Waals surface area contributed by atoms with Crippen LogP contribution in [0.3, 0.4) is 0 Å². The quantitative estimate of drug-likeness (QED) is 0.802. The zero-order chi connectivity index (χ0) is 18.4. The van der Waals surface area contributed by atoms with Crippen LogP contribution < -0.4 is 0 Å². The predicted molar refractivity (Wildman–Crippen MR) is 99.2 cm³/mol. The highest BCUT2D eigenvalue weighted by Crippen LogP contribution is 2.17. The van der Waals surface area contributed by atoms with Crippen LogP contribution in [0.4, 0.5) is 4.79 Å². The summed E-state index contributed by atoms with van der Waals surface area (Å²) in [6.45, 7) is 2.85. The number of nitrogens with zero attached hydrogens (tertiary/aromatic N) is 3. The molecule has 1 saturated heterocycles. The Hall–Kier alpha value is -2.84. The summed E-state index contributed by atoms with van der Waals surface area (Å²) in [7, 11) is 1.76. The van der Waals surface area contributed by atoms with Crippen molar-refractivity contribution >= 4 is 6.09 Å². The van der Waals surface area contributed by atoms with Crippen molar-refractivity contribution in [2.75, 3.05) is 20.1 Å². The molecule has 1 heterocycles. The lowest BCUT2D eigenvalue weighted by atomic mass is 10.1. The van der Waals surface area contributed by atoms with E-state index in [1.807, 2.05) is 42.5 Å². The summed E-state index contributed by atoms with van der Waals surface area (Å²) in [6.07, 6.45) is 0.458. The fourth-order valence-corrected chi connectivity index (χ4v) is 3.16. The van der Waals surface area contributed by atoms with Crippen LogP contribution in [0.25, 0.3) is 0 Å². The number of benzene rings is 2. The van der Waals surface area contributed by atoms with Crippen molar-refractivity contribution in [3.63, 3.8) is 0 Å². The van der Waals surface area contributed by atoms with Crippen molar-refractivity contribution < 1.29 is 9.53 Å². The molecule has 26 heavy (non-hydrogen) atoms. The normalized spacial score (nSPS) is 17.0. The fraction of sp³-hybridized carbons (Fsp3) is 0.333. The zero-order valence-electron chi connectivity index (χ0n) is 15.0. The average Bonchev–Trinajstić information content (AvgIpc) is 2.66. The lowest BCUT2D eigenvalue weighted by Crippen LogP contribution is -2.44. The highest BCUT2D eigenvalue weighted by molar-refractivity contribution is 5.68. The van der Waals surface area contributed by atoms with Crippen LogP contribution >= 0.6 is 0 Å². The van der Waals surface area contributed by atoms with Crippen LogP contribution in [-0.4, -0.2) is 42.1 Å². The average molecular weight is 349 g/mol. The molecule has 1 aliphatic heterocycles. The van der Waals surface area contributed by atoms with Gasteiger partial charge in [0.05, 0.1) is 11.6 Å². The molecule has 5 heteroatoms. The summed E-state index contributed by atoms with van der Waals surface area (Å²) in [5, 5.41) is 9.12. The Kier molecular flexibility index (Phi) is 5.88. The van der Waals surface area contributed by atoms with E-state index < -0.39 is 0 Å². The number of hydrogen-bond donors (Lipinski definition) is 0. The first kappa shape index (κ1) is 18.0. The molecule has 5 nitrogen and oxygen atoms in total. The van der Waals surface area contributed by atoms with Crippen molar-refractivity contribution in [1.29, 1.82) is 5.26 Å². The van der Waals surface area contributed by atoms with Gasteiger partial charge in [0.25, 0.3) is 0 Å². The zero-order valence-corrected chi connectivity index (χ0v) is 15.0. The molecule has 1 aliphatic rings. The molecule has 0 aliphatic carbocycles. The maximum Gasteiger partial charge on any atom is 0.409 e. The van der Waals surface area contributed by atoms with Crippen LogP contribution in [0.2, 0.25) is 0 Å². The summed E-state index contributed by atoms with van der Waals surface area (Å²) in [4.78, 5) is 15.7. The molecule has 0 unspecified atom stereocenters. The number of amides is 1. The predicted octanol–water partition coefficient (Wildman–Crippen LogP) is 3.40. The molecule has 2 aromatic carbocycles. The Morgan fingerprint density at radius 1 is 1.15 bits per heavy atom. The minimum absolute atomic E-state index is 0.110. The van der Waals surface area contributed by atoms with Crippen molar-refractivity contribution in [3.05, 3.63) is 71.3 Å². The standard InChI is InChI=1S/C21H23N3O2/c1-23-11-10-20(26-21(23)25)16-24(14-17-6-3-2-4-7-17)15-19-9-5-8-18(12-19)13-22/h2-9,12,20H,10-11,14-16H2,1H3/t20-/m0/s1. The van der Waals surface area contributed by atoms with Gasteiger partial charge in [-0.25, -0.2) is 4.79 Å². The van der Waals surface area contributed by atoms with Gasteiger partial charge in [-0.2, -0.15) is 5.26 Å². The van der Waals surface area contributed by atoms with Gasteiger partial charge in [0.2, 0.25) is 0 Å². The summed E-state index contributed by atoms with van der Waals surface area (Å²) in [5.41, 5.74) is 2.95. The van der Waals surface area contributed by atoms with Gasteiger partial charge < -0.3 is 9.64 Å². The monoisotopic (exact) mass is 349 g/mol. The van der Waals surface area contributed by atoms with Gasteiger partial charge in [-0.1, -0.05) is 42.5 Å². The van der Waals surface area contributed by atoms with E-state index in [1.54, 1.807) is 11.9 Å². The summed E-state index contributed by atoms with van der Waals surface area (Å²) >= 11 is 0. The first-order chi connectivity index (χ1) is 12.6. The van der Waals surface area contributed by atoms with E-state index in [9.17, 15) is 4.79 Å². The van der Waals surface area contributed by atoms with Gasteiger partial charge in [0.15, 0.2) is 0 Å². The molecule has 0 aromatic heterocycles. The molecule has 0 saturated carbocycles. The number of carbonyl (C=O) groups is 1. The second kappa shape index (κ2) is 8.50. The van der Waals surface area contributed by atoms with E-state index in [4.69, 9.17) is 10.00 Å². The number of hydrogen-bond acceptors (Lipinski definition) is 4. The lowest BCUT2D eigenvalue weighted by Gasteiger charge is -2.33. The minimum atomic E-state index is -0.257. The smallest absolute Gasteiger partial charge is 0.409 e. The molecule has 1 amide bonds. The van der Waals surface area contributed by atoms with E-state index in [0.717, 1.165) is 18.5 Å². The Morgan fingerprint density at radius 3 is 2.62 bits per heavy atom. The van der Waals surface area contributed by atoms with Gasteiger partial charge in [0.1, 0.15) is 6.10 Å². The van der Waals surface area contributed by atoms with Gasteiger partial charge in [-0.05, 0) is 23.3 Å². The molecule has 1 fully saturated rings. The van der Waals surface area contributed by atoms with Gasteiger partial charge in [0, 0.05) is 39.6 Å². The molecule has 0 bridgehead atoms. The van der Waals surface area contributed by atoms with Gasteiger partial charge in [-0.15, -0.1) is 0 Å². The maximum atomic E-state index is 11.8. The number of rotatable bonds is 6. The fourth-order valence-electron chi connectivity index (χ4n) is 3.16. The first-order valence-electron chi connectivity index (χ1n) is 8.81. The van der Waals surface area contributed by atoms with E-state index in [2.05, 4.69) is 23.1 Å². The Balaban J connectivity index is 1.73. The van der Waals surface area contributed by atoms with Crippen molar-refractivity contribution in [2.45, 2.75) is 25.6 Å². The van der Waals surface area contributed by atoms with Crippen molar-refractivity contribution in [3.8, 4) is 6.07 Å². The number of nitriles is 1. The molecular weight excluding hydrogens is 326 g/mol. The van der Waals surface area contributed by atoms with Gasteiger partial charge >= 0.3 is 6.09 Å². The maximum absolute atomic E-state index is 11.8. The highest BCUT2D eigenvalue weighted by Gasteiger charge is 2.26. The SMILES string of the molecule is CN1CC[C@@H](CN(Cc2ccccc2)Cc2cccc(C#N)c2)OC1=O. The van der Waals surface area contributed by atoms with E-state index in [-0.39, 0.29) is 12.2 Å². The van der Waals surface area contributed by atoms with E-state index in [0.29, 0.717) is 25.2 Å². The van der Waals surface area contributed by atoms with E-state index >= 15 is 0 Å². The molecular formula is C21H23N3O2. The molecule has 0 radical (unpaired) electrons. The van der Waals surface area contributed by atoms with E-state index in [1.165, 1.54) is 5.56 Å². The molecule has 3 rings (SSSR count). The Labute approximate surface area is 154 Å². The Bertz CT molecular complexity index is 785. The second-order valence-corrected chi connectivity index (χ2v) is 6.68. The summed E-state index contributed by atoms with van der Waals surface area (Å²) < 4.78 is 5.54.